The molecule has 1 aliphatic heterocycles. The highest BCUT2D eigenvalue weighted by molar-refractivity contribution is 5.74. The van der Waals surface area contributed by atoms with Crippen LogP contribution in [-0.4, -0.2) is 43.8 Å². The second-order valence-corrected chi connectivity index (χ2v) is 6.56. The quantitative estimate of drug-likeness (QED) is 0.839. The van der Waals surface area contributed by atoms with Crippen LogP contribution in [0.2, 0.25) is 0 Å². The highest BCUT2D eigenvalue weighted by Gasteiger charge is 2.23. The van der Waals surface area contributed by atoms with E-state index in [-0.39, 0.29) is 18.1 Å². The number of nitrogens with one attached hydrogen (secondary N) is 2. The Morgan fingerprint density at radius 3 is 2.19 bits per heavy atom. The Kier molecular flexibility index (Phi) is 6.63. The molecule has 0 aliphatic carbocycles. The van der Waals surface area contributed by atoms with E-state index in [9.17, 15) is 4.79 Å². The molecule has 0 radical (unpaired) electrons. The van der Waals surface area contributed by atoms with Crippen LogP contribution in [0.25, 0.3) is 0 Å². The van der Waals surface area contributed by atoms with E-state index in [1.165, 1.54) is 5.56 Å². The number of hydrogen-bond acceptors (Lipinski definition) is 3. The van der Waals surface area contributed by atoms with Gasteiger partial charge in [-0.3, -0.25) is 4.90 Å². The summed E-state index contributed by atoms with van der Waals surface area (Å²) in [6, 6.07) is 20.3. The smallest absolute Gasteiger partial charge is 0.315 e. The fourth-order valence-electron chi connectivity index (χ4n) is 3.28. The zero-order valence-corrected chi connectivity index (χ0v) is 15.2. The molecule has 26 heavy (non-hydrogen) atoms. The molecule has 2 atom stereocenters. The van der Waals surface area contributed by atoms with Crippen molar-refractivity contribution in [2.24, 2.45) is 0 Å². The predicted molar refractivity (Wildman–Crippen MR) is 103 cm³/mol. The van der Waals surface area contributed by atoms with Crippen molar-refractivity contribution in [3.63, 3.8) is 0 Å². The lowest BCUT2D eigenvalue weighted by molar-refractivity contribution is 0.0167. The maximum absolute atomic E-state index is 12.4. The van der Waals surface area contributed by atoms with Crippen LogP contribution in [0.15, 0.2) is 60.7 Å². The van der Waals surface area contributed by atoms with E-state index in [1.54, 1.807) is 0 Å². The van der Waals surface area contributed by atoms with Crippen molar-refractivity contribution in [3.8, 4) is 0 Å². The summed E-state index contributed by atoms with van der Waals surface area (Å²) >= 11 is 0. The van der Waals surface area contributed by atoms with Gasteiger partial charge >= 0.3 is 6.03 Å². The molecule has 0 aromatic heterocycles. The number of amides is 2. The van der Waals surface area contributed by atoms with Gasteiger partial charge in [0.2, 0.25) is 0 Å². The van der Waals surface area contributed by atoms with E-state index in [2.05, 4.69) is 27.7 Å². The zero-order chi connectivity index (χ0) is 18.2. The van der Waals surface area contributed by atoms with Crippen molar-refractivity contribution in [1.29, 1.82) is 0 Å². The Labute approximate surface area is 155 Å². The van der Waals surface area contributed by atoms with Gasteiger partial charge in [0.05, 0.1) is 25.3 Å². The number of rotatable bonds is 6. The van der Waals surface area contributed by atoms with Crippen molar-refractivity contribution < 1.29 is 9.53 Å². The average molecular weight is 353 g/mol. The Hall–Kier alpha value is -2.37. The van der Waals surface area contributed by atoms with Crippen LogP contribution >= 0.6 is 0 Å². The monoisotopic (exact) mass is 353 g/mol. The minimum atomic E-state index is -0.143. The zero-order valence-electron chi connectivity index (χ0n) is 15.2. The Balaban J connectivity index is 1.59. The third-order valence-electron chi connectivity index (χ3n) is 4.77. The largest absolute Gasteiger partial charge is 0.379 e. The van der Waals surface area contributed by atoms with Crippen LogP contribution in [0, 0.1) is 0 Å². The molecule has 0 unspecified atom stereocenters. The van der Waals surface area contributed by atoms with E-state index < -0.39 is 0 Å². The summed E-state index contributed by atoms with van der Waals surface area (Å²) < 4.78 is 5.47. The minimum absolute atomic E-state index is 0.0326. The van der Waals surface area contributed by atoms with E-state index in [0.717, 1.165) is 31.9 Å². The first-order valence-corrected chi connectivity index (χ1v) is 9.20. The molecule has 2 amide bonds. The molecule has 2 aromatic carbocycles. The highest BCUT2D eigenvalue weighted by atomic mass is 16.5. The molecule has 2 N–H and O–H groups in total. The van der Waals surface area contributed by atoms with Crippen molar-refractivity contribution in [3.05, 3.63) is 71.8 Å². The molecular formula is C21H27N3O2. The van der Waals surface area contributed by atoms with E-state index in [1.807, 2.05) is 55.5 Å². The first-order chi connectivity index (χ1) is 12.7. The molecule has 138 valence electrons. The van der Waals surface area contributed by atoms with Gasteiger partial charge in [0, 0.05) is 19.6 Å². The van der Waals surface area contributed by atoms with E-state index in [4.69, 9.17) is 4.74 Å². The minimum Gasteiger partial charge on any atom is -0.379 e. The van der Waals surface area contributed by atoms with Gasteiger partial charge in [-0.05, 0) is 18.1 Å². The van der Waals surface area contributed by atoms with Gasteiger partial charge in [-0.1, -0.05) is 60.7 Å². The molecular weight excluding hydrogens is 326 g/mol. The van der Waals surface area contributed by atoms with Gasteiger partial charge in [-0.25, -0.2) is 4.79 Å². The van der Waals surface area contributed by atoms with Crippen LogP contribution in [0.5, 0.6) is 0 Å². The van der Waals surface area contributed by atoms with Gasteiger partial charge in [0.25, 0.3) is 0 Å². The second kappa shape index (κ2) is 9.36. The van der Waals surface area contributed by atoms with Crippen molar-refractivity contribution in [2.45, 2.75) is 19.0 Å². The molecule has 2 aromatic rings. The van der Waals surface area contributed by atoms with Gasteiger partial charge in [-0.15, -0.1) is 0 Å². The number of benzene rings is 2. The van der Waals surface area contributed by atoms with Crippen molar-refractivity contribution in [1.82, 2.24) is 15.5 Å². The summed E-state index contributed by atoms with van der Waals surface area (Å²) in [5.74, 6) is 0. The molecule has 5 nitrogen and oxygen atoms in total. The maximum Gasteiger partial charge on any atom is 0.315 e. The molecule has 5 heteroatoms. The number of carbonyl (C=O) groups excluding carboxylic acids is 1. The highest BCUT2D eigenvalue weighted by Crippen LogP contribution is 2.21. The topological polar surface area (TPSA) is 53.6 Å². The van der Waals surface area contributed by atoms with Gasteiger partial charge in [0.1, 0.15) is 0 Å². The van der Waals surface area contributed by atoms with Crippen LogP contribution in [0.4, 0.5) is 4.79 Å². The van der Waals surface area contributed by atoms with Crippen molar-refractivity contribution >= 4 is 6.03 Å². The normalized spacial score (nSPS) is 17.3. The lowest BCUT2D eigenvalue weighted by Gasteiger charge is -2.35. The number of morpholine rings is 1. The van der Waals surface area contributed by atoms with Crippen LogP contribution < -0.4 is 10.6 Å². The summed E-state index contributed by atoms with van der Waals surface area (Å²) in [6.07, 6.45) is 0. The summed E-state index contributed by atoms with van der Waals surface area (Å²) in [7, 11) is 0. The Morgan fingerprint density at radius 2 is 1.58 bits per heavy atom. The fraction of sp³-hybridized carbons (Fsp3) is 0.381. The third-order valence-corrected chi connectivity index (χ3v) is 4.77. The lowest BCUT2D eigenvalue weighted by Crippen LogP contribution is -2.46. The molecule has 1 aliphatic rings. The third kappa shape index (κ3) is 5.07. The lowest BCUT2D eigenvalue weighted by atomic mass is 10.0. The number of carbonyl (C=O) groups is 1. The standard InChI is InChI=1S/C21H27N3O2/c1-17(18-8-4-2-5-9-18)23-21(25)22-16-20(19-10-6-3-7-11-19)24-12-14-26-15-13-24/h2-11,17,20H,12-16H2,1H3,(H2,22,23,25)/t17-,20+/m1/s1. The summed E-state index contributed by atoms with van der Waals surface area (Å²) in [5, 5.41) is 6.06. The molecule has 1 heterocycles. The summed E-state index contributed by atoms with van der Waals surface area (Å²) in [5.41, 5.74) is 2.31. The van der Waals surface area contributed by atoms with E-state index >= 15 is 0 Å². The van der Waals surface area contributed by atoms with Crippen LogP contribution in [-0.2, 0) is 4.74 Å². The fourth-order valence-corrected chi connectivity index (χ4v) is 3.28. The molecule has 0 spiro atoms. The van der Waals surface area contributed by atoms with Gasteiger partial charge < -0.3 is 15.4 Å². The van der Waals surface area contributed by atoms with Crippen LogP contribution in [0.1, 0.15) is 30.1 Å². The SMILES string of the molecule is C[C@@H](NC(=O)NC[C@@H](c1ccccc1)N1CCOCC1)c1ccccc1. The Morgan fingerprint density at radius 1 is 1.00 bits per heavy atom. The summed E-state index contributed by atoms with van der Waals surface area (Å²) in [6.45, 7) is 5.79. The Bertz CT molecular complexity index is 672. The first-order valence-electron chi connectivity index (χ1n) is 9.20. The predicted octanol–water partition coefficient (Wildman–Crippen LogP) is 3.12. The average Bonchev–Trinajstić information content (AvgIpc) is 2.70. The molecule has 3 rings (SSSR count). The first kappa shape index (κ1) is 18.4. The maximum atomic E-state index is 12.4. The number of hydrogen-bond donors (Lipinski definition) is 2. The molecule has 1 fully saturated rings. The van der Waals surface area contributed by atoms with Crippen molar-refractivity contribution in [2.75, 3.05) is 32.8 Å². The molecule has 1 saturated heterocycles. The summed E-state index contributed by atoms with van der Waals surface area (Å²) in [4.78, 5) is 14.8. The number of urea groups is 1. The molecule has 0 saturated carbocycles. The van der Waals surface area contributed by atoms with Crippen LogP contribution in [0.3, 0.4) is 0 Å². The van der Waals surface area contributed by atoms with Gasteiger partial charge in [-0.2, -0.15) is 0 Å². The second-order valence-electron chi connectivity index (χ2n) is 6.56. The number of ether oxygens (including phenoxy) is 1. The van der Waals surface area contributed by atoms with E-state index in [0.29, 0.717) is 6.54 Å². The van der Waals surface area contributed by atoms with Gasteiger partial charge in [0.15, 0.2) is 0 Å². The molecule has 0 bridgehead atoms. The number of nitrogens with zero attached hydrogens (tertiary/aromatic N) is 1.